The molecule has 0 spiro atoms. The normalized spacial score (nSPS) is 11.0. The van der Waals surface area contributed by atoms with Crippen molar-refractivity contribution in [1.82, 2.24) is 0 Å². The zero-order chi connectivity index (χ0) is 15.5. The summed E-state index contributed by atoms with van der Waals surface area (Å²) in [5.74, 6) is -0.803. The van der Waals surface area contributed by atoms with Crippen LogP contribution < -0.4 is 16.2 Å². The molecule has 6 nitrogen and oxygen atoms in total. The highest BCUT2D eigenvalue weighted by molar-refractivity contribution is 7.91. The van der Waals surface area contributed by atoms with Gasteiger partial charge in [0.15, 0.2) is 0 Å². The van der Waals surface area contributed by atoms with E-state index in [-0.39, 0.29) is 11.3 Å². The van der Waals surface area contributed by atoms with Gasteiger partial charge in [-0.1, -0.05) is 18.2 Å². The number of anilines is 2. The SMILES string of the molecule is NC(=O)c1cccc(NS(=O)(=O)Cc2ccc(N)cc2)c1. The summed E-state index contributed by atoms with van der Waals surface area (Å²) in [6.45, 7) is 0. The first-order chi connectivity index (χ1) is 9.85. The summed E-state index contributed by atoms with van der Waals surface area (Å²) < 4.78 is 26.6. The van der Waals surface area contributed by atoms with Crippen LogP contribution in [0.15, 0.2) is 48.5 Å². The standard InChI is InChI=1S/C14H15N3O3S/c15-12-6-4-10(5-7-12)9-21(19,20)17-13-3-1-2-11(8-13)14(16)18/h1-8,17H,9,15H2,(H2,16,18). The van der Waals surface area contributed by atoms with Crippen LogP contribution in [0.3, 0.4) is 0 Å². The number of sulfonamides is 1. The average Bonchev–Trinajstić information content (AvgIpc) is 2.41. The van der Waals surface area contributed by atoms with Crippen LogP contribution in [-0.2, 0) is 15.8 Å². The molecule has 0 fully saturated rings. The summed E-state index contributed by atoms with van der Waals surface area (Å²) in [5, 5.41) is 0. The van der Waals surface area contributed by atoms with Crippen LogP contribution >= 0.6 is 0 Å². The van der Waals surface area contributed by atoms with Gasteiger partial charge < -0.3 is 11.5 Å². The van der Waals surface area contributed by atoms with E-state index < -0.39 is 15.9 Å². The molecule has 5 N–H and O–H groups in total. The predicted octanol–water partition coefficient (Wildman–Crippen LogP) is 1.31. The molecule has 0 heterocycles. The Kier molecular flexibility index (Phi) is 4.13. The number of nitrogens with two attached hydrogens (primary N) is 2. The van der Waals surface area contributed by atoms with Gasteiger partial charge in [-0.3, -0.25) is 9.52 Å². The van der Waals surface area contributed by atoms with E-state index in [4.69, 9.17) is 11.5 Å². The molecule has 0 saturated carbocycles. The van der Waals surface area contributed by atoms with Crippen molar-refractivity contribution in [3.63, 3.8) is 0 Å². The highest BCUT2D eigenvalue weighted by atomic mass is 32.2. The zero-order valence-electron chi connectivity index (χ0n) is 11.1. The Balaban J connectivity index is 2.15. The van der Waals surface area contributed by atoms with Crippen molar-refractivity contribution in [1.29, 1.82) is 0 Å². The zero-order valence-corrected chi connectivity index (χ0v) is 11.9. The molecule has 0 saturated heterocycles. The Morgan fingerprint density at radius 3 is 2.38 bits per heavy atom. The molecule has 1 amide bonds. The minimum Gasteiger partial charge on any atom is -0.399 e. The molecular formula is C14H15N3O3S. The quantitative estimate of drug-likeness (QED) is 0.722. The minimum atomic E-state index is -3.59. The molecule has 2 aromatic rings. The highest BCUT2D eigenvalue weighted by Gasteiger charge is 2.12. The van der Waals surface area contributed by atoms with Crippen molar-refractivity contribution in [2.24, 2.45) is 5.73 Å². The Bertz CT molecular complexity index is 755. The van der Waals surface area contributed by atoms with Gasteiger partial charge in [-0.25, -0.2) is 8.42 Å². The lowest BCUT2D eigenvalue weighted by Crippen LogP contribution is -2.16. The van der Waals surface area contributed by atoms with Crippen LogP contribution in [-0.4, -0.2) is 14.3 Å². The molecule has 110 valence electrons. The van der Waals surface area contributed by atoms with Gasteiger partial charge in [0.25, 0.3) is 0 Å². The van der Waals surface area contributed by atoms with Crippen LogP contribution in [0.1, 0.15) is 15.9 Å². The second-order valence-electron chi connectivity index (χ2n) is 4.55. The van der Waals surface area contributed by atoms with Crippen molar-refractivity contribution >= 4 is 27.3 Å². The molecule has 21 heavy (non-hydrogen) atoms. The molecule has 0 aromatic heterocycles. The first kappa shape index (κ1) is 14.9. The molecule has 2 rings (SSSR count). The van der Waals surface area contributed by atoms with E-state index in [0.29, 0.717) is 16.9 Å². The second-order valence-corrected chi connectivity index (χ2v) is 6.27. The lowest BCUT2D eigenvalue weighted by Gasteiger charge is -2.09. The monoisotopic (exact) mass is 305 g/mol. The van der Waals surface area contributed by atoms with Crippen molar-refractivity contribution in [3.05, 3.63) is 59.7 Å². The van der Waals surface area contributed by atoms with Gasteiger partial charge in [-0.2, -0.15) is 0 Å². The van der Waals surface area contributed by atoms with Gasteiger partial charge in [-0.05, 0) is 35.9 Å². The number of hydrogen-bond acceptors (Lipinski definition) is 4. The van der Waals surface area contributed by atoms with Gasteiger partial charge in [0, 0.05) is 16.9 Å². The number of carbonyl (C=O) groups excluding carboxylic acids is 1. The van der Waals surface area contributed by atoms with Crippen LogP contribution in [0.4, 0.5) is 11.4 Å². The van der Waals surface area contributed by atoms with Crippen LogP contribution in [0.2, 0.25) is 0 Å². The molecule has 7 heteroatoms. The van der Waals surface area contributed by atoms with Crippen molar-refractivity contribution in [3.8, 4) is 0 Å². The Morgan fingerprint density at radius 1 is 1.10 bits per heavy atom. The molecule has 0 aliphatic rings. The maximum Gasteiger partial charge on any atom is 0.248 e. The maximum absolute atomic E-state index is 12.1. The summed E-state index contributed by atoms with van der Waals surface area (Å²) in [5.41, 5.74) is 12.4. The van der Waals surface area contributed by atoms with E-state index in [1.807, 2.05) is 0 Å². The fraction of sp³-hybridized carbons (Fsp3) is 0.0714. The van der Waals surface area contributed by atoms with Gasteiger partial charge in [0.1, 0.15) is 0 Å². The van der Waals surface area contributed by atoms with E-state index in [2.05, 4.69) is 4.72 Å². The van der Waals surface area contributed by atoms with Crippen molar-refractivity contribution < 1.29 is 13.2 Å². The summed E-state index contributed by atoms with van der Waals surface area (Å²) in [4.78, 5) is 11.1. The summed E-state index contributed by atoms with van der Waals surface area (Å²) in [6, 6.07) is 12.6. The minimum absolute atomic E-state index is 0.186. The molecule has 0 radical (unpaired) electrons. The Labute approximate surface area is 122 Å². The van der Waals surface area contributed by atoms with Crippen molar-refractivity contribution in [2.75, 3.05) is 10.5 Å². The number of amides is 1. The molecular weight excluding hydrogens is 290 g/mol. The fourth-order valence-corrected chi connectivity index (χ4v) is 2.97. The van der Waals surface area contributed by atoms with E-state index >= 15 is 0 Å². The first-order valence-electron chi connectivity index (χ1n) is 6.10. The molecule has 0 atom stereocenters. The third-order valence-electron chi connectivity index (χ3n) is 2.76. The Morgan fingerprint density at radius 2 is 1.76 bits per heavy atom. The maximum atomic E-state index is 12.1. The van der Waals surface area contributed by atoms with Crippen LogP contribution in [0.5, 0.6) is 0 Å². The average molecular weight is 305 g/mol. The number of benzene rings is 2. The third-order valence-corrected chi connectivity index (χ3v) is 4.02. The summed E-state index contributed by atoms with van der Waals surface area (Å²) in [7, 11) is -3.59. The van der Waals surface area contributed by atoms with Crippen LogP contribution in [0, 0.1) is 0 Å². The number of rotatable bonds is 5. The Hall–Kier alpha value is -2.54. The smallest absolute Gasteiger partial charge is 0.248 e. The van der Waals surface area contributed by atoms with E-state index in [1.54, 1.807) is 36.4 Å². The number of hydrogen-bond donors (Lipinski definition) is 3. The van der Waals surface area contributed by atoms with E-state index in [1.165, 1.54) is 12.1 Å². The van der Waals surface area contributed by atoms with Gasteiger partial charge >= 0.3 is 0 Å². The third kappa shape index (κ3) is 4.22. The van der Waals surface area contributed by atoms with Crippen molar-refractivity contribution in [2.45, 2.75) is 5.75 Å². The molecule has 0 aliphatic heterocycles. The molecule has 2 aromatic carbocycles. The van der Waals surface area contributed by atoms with Gasteiger partial charge in [0.05, 0.1) is 5.75 Å². The van der Waals surface area contributed by atoms with Crippen LogP contribution in [0.25, 0.3) is 0 Å². The lowest BCUT2D eigenvalue weighted by molar-refractivity contribution is 0.100. The van der Waals surface area contributed by atoms with E-state index in [9.17, 15) is 13.2 Å². The summed E-state index contributed by atoms with van der Waals surface area (Å²) >= 11 is 0. The lowest BCUT2D eigenvalue weighted by atomic mass is 10.2. The fourth-order valence-electron chi connectivity index (χ4n) is 1.78. The largest absolute Gasteiger partial charge is 0.399 e. The molecule has 0 bridgehead atoms. The van der Waals surface area contributed by atoms with Gasteiger partial charge in [0.2, 0.25) is 15.9 Å². The van der Waals surface area contributed by atoms with E-state index in [0.717, 1.165) is 0 Å². The topological polar surface area (TPSA) is 115 Å². The molecule has 0 aliphatic carbocycles. The molecule has 0 unspecified atom stereocenters. The predicted molar refractivity (Wildman–Crippen MR) is 82.1 cm³/mol. The highest BCUT2D eigenvalue weighted by Crippen LogP contribution is 2.15. The number of primary amides is 1. The summed E-state index contributed by atoms with van der Waals surface area (Å²) in [6.07, 6.45) is 0. The number of nitrogens with one attached hydrogen (secondary N) is 1. The second kappa shape index (κ2) is 5.84. The van der Waals surface area contributed by atoms with Gasteiger partial charge in [-0.15, -0.1) is 0 Å². The first-order valence-corrected chi connectivity index (χ1v) is 7.76. The number of carbonyl (C=O) groups is 1. The number of nitrogen functional groups attached to an aromatic ring is 1.